The largest absolute Gasteiger partial charge is 0.397 e. The first-order valence-electron chi connectivity index (χ1n) is 10.2. The van der Waals surface area contributed by atoms with Gasteiger partial charge in [0.05, 0.1) is 34.9 Å². The number of aromatic nitrogens is 2. The smallest absolute Gasteiger partial charge is 0.251 e. The number of ether oxygens (including phenoxy) is 1. The number of fused-ring (bicyclic) bond motifs is 1. The summed E-state index contributed by atoms with van der Waals surface area (Å²) in [7, 11) is 1.58. The lowest BCUT2D eigenvalue weighted by molar-refractivity contribution is 0.0907. The molecular formula is C23H30N4O3. The highest BCUT2D eigenvalue weighted by Crippen LogP contribution is 2.38. The topological polar surface area (TPSA) is 99.2 Å². The number of methoxy groups -OCH3 is 1. The monoisotopic (exact) mass is 410 g/mol. The number of nitrogens with two attached hydrogens (primary N) is 1. The number of amides is 1. The zero-order valence-corrected chi connectivity index (χ0v) is 18.0. The van der Waals surface area contributed by atoms with E-state index in [2.05, 4.69) is 25.7 Å². The number of allylic oxidation sites excluding steroid dienone is 1. The molecule has 0 fully saturated rings. The third kappa shape index (κ3) is 4.46. The summed E-state index contributed by atoms with van der Waals surface area (Å²) in [6.07, 6.45) is 4.46. The van der Waals surface area contributed by atoms with E-state index < -0.39 is 0 Å². The van der Waals surface area contributed by atoms with Crippen molar-refractivity contribution >= 4 is 17.4 Å². The fourth-order valence-electron chi connectivity index (χ4n) is 3.90. The molecule has 0 radical (unpaired) electrons. The normalized spacial score (nSPS) is 15.0. The molecule has 1 amide bonds. The van der Waals surface area contributed by atoms with Gasteiger partial charge in [0.2, 0.25) is 0 Å². The van der Waals surface area contributed by atoms with Crippen LogP contribution in [0.15, 0.2) is 30.9 Å². The van der Waals surface area contributed by atoms with Crippen LogP contribution in [0, 0.1) is 5.41 Å². The van der Waals surface area contributed by atoms with E-state index in [0.717, 1.165) is 29.8 Å². The van der Waals surface area contributed by atoms with Gasteiger partial charge in [0, 0.05) is 25.6 Å². The van der Waals surface area contributed by atoms with Crippen LogP contribution < -0.4 is 11.1 Å². The van der Waals surface area contributed by atoms with Crippen LogP contribution >= 0.6 is 0 Å². The first-order chi connectivity index (χ1) is 14.3. The Morgan fingerprint density at radius 1 is 1.40 bits per heavy atom. The molecule has 1 heterocycles. The molecule has 1 aromatic carbocycles. The van der Waals surface area contributed by atoms with Gasteiger partial charge in [-0.25, -0.2) is 4.68 Å². The van der Waals surface area contributed by atoms with Crippen molar-refractivity contribution in [1.29, 1.82) is 0 Å². The number of aryl methyl sites for hydroxylation is 1. The molecule has 0 bridgehead atoms. The minimum absolute atomic E-state index is 0.124. The maximum atomic E-state index is 12.9. The molecule has 1 aliphatic carbocycles. The lowest BCUT2D eigenvalue weighted by atomic mass is 9.75. The van der Waals surface area contributed by atoms with Crippen LogP contribution in [0.2, 0.25) is 0 Å². The van der Waals surface area contributed by atoms with Crippen molar-refractivity contribution in [3.63, 3.8) is 0 Å². The van der Waals surface area contributed by atoms with Gasteiger partial charge in [0.25, 0.3) is 5.91 Å². The van der Waals surface area contributed by atoms with Gasteiger partial charge >= 0.3 is 0 Å². The summed E-state index contributed by atoms with van der Waals surface area (Å²) < 4.78 is 6.74. The molecule has 0 atom stereocenters. The molecule has 7 nitrogen and oxygen atoms in total. The van der Waals surface area contributed by atoms with Gasteiger partial charge < -0.3 is 15.8 Å². The highest BCUT2D eigenvalue weighted by molar-refractivity contribution is 6.00. The van der Waals surface area contributed by atoms with Crippen LogP contribution in [0.1, 0.15) is 58.8 Å². The predicted molar refractivity (Wildman–Crippen MR) is 117 cm³/mol. The van der Waals surface area contributed by atoms with E-state index >= 15 is 0 Å². The van der Waals surface area contributed by atoms with E-state index in [1.54, 1.807) is 30.0 Å². The van der Waals surface area contributed by atoms with Gasteiger partial charge in [-0.15, -0.1) is 6.58 Å². The second-order valence-electron chi connectivity index (χ2n) is 8.47. The number of Topliss-reactive ketones (excluding diaryl/α,β-unsaturated/α-hetero) is 1. The third-order valence-corrected chi connectivity index (χ3v) is 5.31. The molecule has 0 aliphatic heterocycles. The minimum Gasteiger partial charge on any atom is -0.397 e. The number of nitrogens with one attached hydrogen (secondary N) is 1. The first-order valence-corrected chi connectivity index (χ1v) is 10.2. The maximum absolute atomic E-state index is 12.9. The van der Waals surface area contributed by atoms with Crippen molar-refractivity contribution in [2.24, 2.45) is 5.41 Å². The van der Waals surface area contributed by atoms with Crippen molar-refractivity contribution in [3.8, 4) is 5.69 Å². The van der Waals surface area contributed by atoms with Crippen molar-refractivity contribution in [1.82, 2.24) is 15.1 Å². The standard InChI is InChI=1S/C23H30N4O3/c1-5-6-7-17-21-19(13-23(2,3)14-20(21)28)27(26-17)18-9-8-15(12-16(18)24)22(29)25-10-11-30-4/h5,8-9,12H,1,6-7,10-11,13-14,24H2,2-4H3,(H,25,29). The number of hydrogen-bond acceptors (Lipinski definition) is 5. The van der Waals surface area contributed by atoms with Crippen molar-refractivity contribution in [2.45, 2.75) is 39.5 Å². The molecule has 3 N–H and O–H groups in total. The van der Waals surface area contributed by atoms with Crippen LogP contribution in [0.5, 0.6) is 0 Å². The molecule has 3 rings (SSSR count). The van der Waals surface area contributed by atoms with Crippen molar-refractivity contribution < 1.29 is 14.3 Å². The quantitative estimate of drug-likeness (QED) is 0.396. The summed E-state index contributed by atoms with van der Waals surface area (Å²) in [5.74, 6) is -0.0879. The predicted octanol–water partition coefficient (Wildman–Crippen LogP) is 3.10. The van der Waals surface area contributed by atoms with Crippen LogP contribution in [-0.2, 0) is 17.6 Å². The molecule has 1 aliphatic rings. The summed E-state index contributed by atoms with van der Waals surface area (Å²) in [6, 6.07) is 5.16. The summed E-state index contributed by atoms with van der Waals surface area (Å²) in [5, 5.41) is 7.55. The molecule has 7 heteroatoms. The number of anilines is 1. The van der Waals surface area contributed by atoms with Gasteiger partial charge in [-0.1, -0.05) is 19.9 Å². The highest BCUT2D eigenvalue weighted by atomic mass is 16.5. The van der Waals surface area contributed by atoms with Gasteiger partial charge in [-0.3, -0.25) is 9.59 Å². The zero-order valence-electron chi connectivity index (χ0n) is 18.0. The average molecular weight is 411 g/mol. The maximum Gasteiger partial charge on any atom is 0.251 e. The van der Waals surface area contributed by atoms with E-state index in [-0.39, 0.29) is 17.1 Å². The Labute approximate surface area is 177 Å². The lowest BCUT2D eigenvalue weighted by Crippen LogP contribution is -2.28. The number of carbonyl (C=O) groups is 2. The Morgan fingerprint density at radius 2 is 2.17 bits per heavy atom. The first kappa shape index (κ1) is 21.8. The molecule has 1 aromatic heterocycles. The Hall–Kier alpha value is -2.93. The van der Waals surface area contributed by atoms with Gasteiger partial charge in [0.1, 0.15) is 0 Å². The summed E-state index contributed by atoms with van der Waals surface area (Å²) >= 11 is 0. The van der Waals surface area contributed by atoms with Gasteiger partial charge in [-0.05, 0) is 42.9 Å². The summed E-state index contributed by atoms with van der Waals surface area (Å²) in [6.45, 7) is 8.82. The Kier molecular flexibility index (Phi) is 6.41. The number of carbonyl (C=O) groups excluding carboxylic acids is 2. The van der Waals surface area contributed by atoms with E-state index in [1.807, 2.05) is 6.08 Å². The lowest BCUT2D eigenvalue weighted by Gasteiger charge is -2.29. The molecule has 0 saturated heterocycles. The molecule has 0 saturated carbocycles. The zero-order chi connectivity index (χ0) is 21.9. The summed E-state index contributed by atoms with van der Waals surface area (Å²) in [5.41, 5.74) is 10.2. The van der Waals surface area contributed by atoms with E-state index in [4.69, 9.17) is 15.6 Å². The number of benzene rings is 1. The fraction of sp³-hybridized carbons (Fsp3) is 0.435. The minimum atomic E-state index is -0.212. The fourth-order valence-corrected chi connectivity index (χ4v) is 3.90. The highest BCUT2D eigenvalue weighted by Gasteiger charge is 2.36. The molecule has 0 spiro atoms. The average Bonchev–Trinajstić information content (AvgIpc) is 3.03. The number of nitrogen functional groups attached to an aromatic ring is 1. The molecule has 160 valence electrons. The number of hydrogen-bond donors (Lipinski definition) is 2. The summed E-state index contributed by atoms with van der Waals surface area (Å²) in [4.78, 5) is 25.2. The van der Waals surface area contributed by atoms with Gasteiger partial charge in [0.15, 0.2) is 5.78 Å². The van der Waals surface area contributed by atoms with E-state index in [0.29, 0.717) is 42.9 Å². The Balaban J connectivity index is 2.00. The Morgan fingerprint density at radius 3 is 2.83 bits per heavy atom. The van der Waals surface area contributed by atoms with E-state index in [1.165, 1.54) is 0 Å². The van der Waals surface area contributed by atoms with Crippen LogP contribution in [-0.4, -0.2) is 41.7 Å². The van der Waals surface area contributed by atoms with Crippen LogP contribution in [0.25, 0.3) is 5.69 Å². The number of nitrogens with zero attached hydrogens (tertiary/aromatic N) is 2. The second kappa shape index (κ2) is 8.83. The molecule has 0 unspecified atom stereocenters. The molecule has 2 aromatic rings. The van der Waals surface area contributed by atoms with Crippen molar-refractivity contribution in [2.75, 3.05) is 26.0 Å². The van der Waals surface area contributed by atoms with E-state index in [9.17, 15) is 9.59 Å². The molecule has 30 heavy (non-hydrogen) atoms. The number of rotatable bonds is 8. The molecular weight excluding hydrogens is 380 g/mol. The van der Waals surface area contributed by atoms with Crippen LogP contribution in [0.4, 0.5) is 5.69 Å². The van der Waals surface area contributed by atoms with Crippen LogP contribution in [0.3, 0.4) is 0 Å². The second-order valence-corrected chi connectivity index (χ2v) is 8.47. The van der Waals surface area contributed by atoms with Crippen molar-refractivity contribution in [3.05, 3.63) is 53.4 Å². The van der Waals surface area contributed by atoms with Gasteiger partial charge in [-0.2, -0.15) is 5.10 Å². The number of ketones is 1. The third-order valence-electron chi connectivity index (χ3n) is 5.31. The SMILES string of the molecule is C=CCCc1nn(-c2ccc(C(=O)NCCOC)cc2N)c2c1C(=O)CC(C)(C)C2. The Bertz CT molecular complexity index is 975.